The summed E-state index contributed by atoms with van der Waals surface area (Å²) < 4.78 is 0.628. The van der Waals surface area contributed by atoms with Crippen molar-refractivity contribution in [3.63, 3.8) is 0 Å². The summed E-state index contributed by atoms with van der Waals surface area (Å²) in [6.45, 7) is 8.31. The molecule has 0 radical (unpaired) electrons. The van der Waals surface area contributed by atoms with Crippen molar-refractivity contribution in [2.45, 2.75) is 40.2 Å². The Balaban J connectivity index is 1.81. The van der Waals surface area contributed by atoms with Gasteiger partial charge in [0.2, 0.25) is 0 Å². The Morgan fingerprint density at radius 2 is 2.04 bits per heavy atom. The molecular formula is C22H23ClN2OS2. The van der Waals surface area contributed by atoms with Gasteiger partial charge in [-0.15, -0.1) is 0 Å². The monoisotopic (exact) mass is 430 g/mol. The number of halogens is 1. The number of benzene rings is 1. The first kappa shape index (κ1) is 21.0. The molecule has 0 unspecified atom stereocenters. The standard InChI is InChI=1S/C22H23ClN2OS2/c1-5-13(2)15(4)25-21(26)20(28-22(25)27)10-16-7-9-19(24-12-16)17-8-6-14(3)18(23)11-17/h6-13,15H,5H2,1-4H3/b20-10-/t13-,15+/m0/s1. The van der Waals surface area contributed by atoms with Crippen LogP contribution in [0, 0.1) is 12.8 Å². The lowest BCUT2D eigenvalue weighted by atomic mass is 9.99. The summed E-state index contributed by atoms with van der Waals surface area (Å²) in [7, 11) is 0. The second-order valence-corrected chi connectivity index (χ2v) is 9.20. The lowest BCUT2D eigenvalue weighted by molar-refractivity contribution is -0.124. The van der Waals surface area contributed by atoms with Crippen LogP contribution in [0.2, 0.25) is 5.02 Å². The van der Waals surface area contributed by atoms with E-state index in [1.54, 1.807) is 11.1 Å². The molecule has 2 heterocycles. The molecule has 2 aromatic rings. The van der Waals surface area contributed by atoms with E-state index in [1.807, 2.05) is 43.3 Å². The van der Waals surface area contributed by atoms with E-state index in [4.69, 9.17) is 23.8 Å². The van der Waals surface area contributed by atoms with E-state index < -0.39 is 0 Å². The summed E-state index contributed by atoms with van der Waals surface area (Å²) in [4.78, 5) is 19.8. The van der Waals surface area contributed by atoms with Crippen molar-refractivity contribution in [2.75, 3.05) is 0 Å². The van der Waals surface area contributed by atoms with Crippen molar-refractivity contribution < 1.29 is 4.79 Å². The molecule has 0 bridgehead atoms. The van der Waals surface area contributed by atoms with Crippen LogP contribution in [0.3, 0.4) is 0 Å². The first-order valence-electron chi connectivity index (χ1n) is 9.31. The molecular weight excluding hydrogens is 408 g/mol. The first-order chi connectivity index (χ1) is 13.3. The van der Waals surface area contributed by atoms with Crippen molar-refractivity contribution >= 4 is 51.9 Å². The molecule has 0 saturated carbocycles. The van der Waals surface area contributed by atoms with E-state index >= 15 is 0 Å². The highest BCUT2D eigenvalue weighted by Gasteiger charge is 2.36. The minimum absolute atomic E-state index is 0.0165. The summed E-state index contributed by atoms with van der Waals surface area (Å²) in [6, 6.07) is 9.90. The maximum atomic E-state index is 12.9. The normalized spacial score (nSPS) is 18.0. The van der Waals surface area contributed by atoms with Crippen molar-refractivity contribution in [3.8, 4) is 11.3 Å². The summed E-state index contributed by atoms with van der Waals surface area (Å²) in [5.74, 6) is 0.376. The second kappa shape index (κ2) is 8.76. The molecule has 3 nitrogen and oxygen atoms in total. The average molecular weight is 431 g/mol. The maximum Gasteiger partial charge on any atom is 0.266 e. The molecule has 3 rings (SSSR count). The maximum absolute atomic E-state index is 12.9. The Kier molecular flexibility index (Phi) is 6.58. The van der Waals surface area contributed by atoms with Crippen LogP contribution in [0.5, 0.6) is 0 Å². The van der Waals surface area contributed by atoms with Crippen molar-refractivity contribution in [1.82, 2.24) is 9.88 Å². The molecule has 1 aliphatic rings. The van der Waals surface area contributed by atoms with Crippen LogP contribution >= 0.6 is 35.6 Å². The fourth-order valence-electron chi connectivity index (χ4n) is 2.99. The molecule has 6 heteroatoms. The van der Waals surface area contributed by atoms with Gasteiger partial charge in [-0.25, -0.2) is 0 Å². The highest BCUT2D eigenvalue weighted by atomic mass is 35.5. The van der Waals surface area contributed by atoms with Gasteiger partial charge in [-0.1, -0.05) is 74.0 Å². The molecule has 1 saturated heterocycles. The summed E-state index contributed by atoms with van der Waals surface area (Å²) in [5.41, 5.74) is 3.72. The number of nitrogens with zero attached hydrogens (tertiary/aromatic N) is 2. The van der Waals surface area contributed by atoms with Gasteiger partial charge in [-0.3, -0.25) is 14.7 Å². The quantitative estimate of drug-likeness (QED) is 0.409. The molecule has 1 aromatic heterocycles. The number of carbonyl (C=O) groups is 1. The highest BCUT2D eigenvalue weighted by molar-refractivity contribution is 8.26. The molecule has 0 aliphatic carbocycles. The first-order valence-corrected chi connectivity index (χ1v) is 10.9. The Bertz CT molecular complexity index is 940. The lowest BCUT2D eigenvalue weighted by Gasteiger charge is -2.27. The van der Waals surface area contributed by atoms with Crippen molar-refractivity contribution in [2.24, 2.45) is 5.92 Å². The average Bonchev–Trinajstić information content (AvgIpc) is 2.96. The predicted octanol–water partition coefficient (Wildman–Crippen LogP) is 6.35. The Morgan fingerprint density at radius 3 is 2.64 bits per heavy atom. The van der Waals surface area contributed by atoms with Gasteiger partial charge in [-0.2, -0.15) is 0 Å². The third kappa shape index (κ3) is 4.32. The number of aromatic nitrogens is 1. The van der Waals surface area contributed by atoms with E-state index in [0.29, 0.717) is 15.1 Å². The number of hydrogen-bond acceptors (Lipinski definition) is 4. The number of thiocarbonyl (C=S) groups is 1. The molecule has 0 spiro atoms. The smallest absolute Gasteiger partial charge is 0.266 e. The Morgan fingerprint density at radius 1 is 1.29 bits per heavy atom. The van der Waals surface area contributed by atoms with E-state index in [9.17, 15) is 4.79 Å². The number of aryl methyl sites for hydroxylation is 1. The van der Waals surface area contributed by atoms with Gasteiger partial charge >= 0.3 is 0 Å². The highest BCUT2D eigenvalue weighted by Crippen LogP contribution is 2.35. The van der Waals surface area contributed by atoms with Gasteiger partial charge in [-0.05, 0) is 49.1 Å². The molecule has 0 N–H and O–H groups in total. The molecule has 28 heavy (non-hydrogen) atoms. The third-order valence-corrected chi connectivity index (χ3v) is 6.99. The van der Waals surface area contributed by atoms with Gasteiger partial charge in [0, 0.05) is 22.8 Å². The Labute approximate surface area is 181 Å². The fraction of sp³-hybridized carbons (Fsp3) is 0.318. The van der Waals surface area contributed by atoms with Gasteiger partial charge in [0.1, 0.15) is 4.32 Å². The minimum Gasteiger partial charge on any atom is -0.290 e. The molecule has 1 aliphatic heterocycles. The zero-order chi connectivity index (χ0) is 20.4. The predicted molar refractivity (Wildman–Crippen MR) is 123 cm³/mol. The molecule has 1 amide bonds. The topological polar surface area (TPSA) is 33.2 Å². The zero-order valence-corrected chi connectivity index (χ0v) is 18.8. The van der Waals surface area contributed by atoms with Crippen molar-refractivity contribution in [3.05, 3.63) is 57.6 Å². The van der Waals surface area contributed by atoms with E-state index in [2.05, 4.69) is 25.8 Å². The van der Waals surface area contributed by atoms with Gasteiger partial charge < -0.3 is 0 Å². The van der Waals surface area contributed by atoms with Crippen LogP contribution in [-0.4, -0.2) is 26.2 Å². The third-order valence-electron chi connectivity index (χ3n) is 5.25. The zero-order valence-electron chi connectivity index (χ0n) is 16.4. The van der Waals surface area contributed by atoms with Gasteiger partial charge in [0.05, 0.1) is 10.6 Å². The number of pyridine rings is 1. The number of carbonyl (C=O) groups excluding carboxylic acids is 1. The minimum atomic E-state index is -0.0165. The van der Waals surface area contributed by atoms with Crippen LogP contribution in [0.25, 0.3) is 17.3 Å². The van der Waals surface area contributed by atoms with E-state index in [-0.39, 0.29) is 11.9 Å². The summed E-state index contributed by atoms with van der Waals surface area (Å²) in [5, 5.41) is 0.725. The molecule has 2 atom stereocenters. The van der Waals surface area contributed by atoms with Crippen LogP contribution < -0.4 is 0 Å². The second-order valence-electron chi connectivity index (χ2n) is 7.12. The van der Waals surface area contributed by atoms with Crippen LogP contribution in [-0.2, 0) is 4.79 Å². The van der Waals surface area contributed by atoms with Crippen LogP contribution in [0.4, 0.5) is 0 Å². The number of amides is 1. The summed E-state index contributed by atoms with van der Waals surface area (Å²) in [6.07, 6.45) is 4.64. The SMILES string of the molecule is CC[C@H](C)[C@@H](C)N1C(=O)/C(=C/c2ccc(-c3ccc(C)c(Cl)c3)nc2)SC1=S. The molecule has 1 aromatic carbocycles. The fourth-order valence-corrected chi connectivity index (χ4v) is 4.61. The van der Waals surface area contributed by atoms with E-state index in [0.717, 1.165) is 33.8 Å². The molecule has 146 valence electrons. The number of rotatable bonds is 5. The summed E-state index contributed by atoms with van der Waals surface area (Å²) >= 11 is 13.0. The lowest BCUT2D eigenvalue weighted by Crippen LogP contribution is -2.40. The van der Waals surface area contributed by atoms with Crippen molar-refractivity contribution in [1.29, 1.82) is 0 Å². The number of thioether (sulfide) groups is 1. The molecule has 1 fully saturated rings. The van der Waals surface area contributed by atoms with Gasteiger partial charge in [0.25, 0.3) is 5.91 Å². The Hall–Kier alpha value is -1.69. The van der Waals surface area contributed by atoms with Crippen LogP contribution in [0.1, 0.15) is 38.3 Å². The van der Waals surface area contributed by atoms with Crippen LogP contribution in [0.15, 0.2) is 41.4 Å². The van der Waals surface area contributed by atoms with Gasteiger partial charge in [0.15, 0.2) is 0 Å². The van der Waals surface area contributed by atoms with E-state index in [1.165, 1.54) is 11.8 Å². The number of hydrogen-bond donors (Lipinski definition) is 0. The largest absolute Gasteiger partial charge is 0.290 e.